The van der Waals surface area contributed by atoms with Gasteiger partial charge in [-0.1, -0.05) is 12.1 Å². The molecule has 0 heterocycles. The van der Waals surface area contributed by atoms with E-state index >= 15 is 0 Å². The number of non-ortho nitro benzene ring substituents is 1. The fourth-order valence-electron chi connectivity index (χ4n) is 2.55. The van der Waals surface area contributed by atoms with E-state index in [1.54, 1.807) is 33.5 Å². The minimum atomic E-state index is -2.55. The van der Waals surface area contributed by atoms with E-state index in [0.717, 1.165) is 23.3 Å². The van der Waals surface area contributed by atoms with Gasteiger partial charge >= 0.3 is 8.80 Å². The van der Waals surface area contributed by atoms with Crippen molar-refractivity contribution in [1.82, 2.24) is 0 Å². The van der Waals surface area contributed by atoms with Crippen molar-refractivity contribution >= 4 is 14.5 Å². The van der Waals surface area contributed by atoms with Gasteiger partial charge in [-0.05, 0) is 41.8 Å². The lowest BCUT2D eigenvalue weighted by molar-refractivity contribution is -0.384. The molecule has 0 aliphatic heterocycles. The number of hydrogen-bond donors (Lipinski definition) is 0. The van der Waals surface area contributed by atoms with E-state index in [4.69, 9.17) is 18.0 Å². The molecule has 2 rings (SSSR count). The van der Waals surface area contributed by atoms with Crippen LogP contribution < -0.4 is 4.74 Å². The number of hydrogen-bond acceptors (Lipinski definition) is 6. The van der Waals surface area contributed by atoms with E-state index in [1.807, 2.05) is 24.3 Å². The summed E-state index contributed by atoms with van der Waals surface area (Å²) >= 11 is 0. The Morgan fingerprint density at radius 1 is 0.885 bits per heavy atom. The molecule has 0 spiro atoms. The van der Waals surface area contributed by atoms with Crippen molar-refractivity contribution in [2.75, 3.05) is 27.9 Å². The van der Waals surface area contributed by atoms with E-state index in [9.17, 15) is 10.1 Å². The highest BCUT2D eigenvalue weighted by Gasteiger charge is 2.36. The van der Waals surface area contributed by atoms with Crippen LogP contribution in [0.1, 0.15) is 6.42 Å². The Morgan fingerprint density at radius 3 is 1.85 bits per heavy atom. The molecule has 2 aromatic carbocycles. The summed E-state index contributed by atoms with van der Waals surface area (Å²) in [6.07, 6.45) is 0.756. The zero-order chi connectivity index (χ0) is 19.0. The SMILES string of the molecule is CO[Si](CCCOc1ccc(-c2ccc([N+](=O)[O-])cc2)cc1)(OC)OC. The quantitative estimate of drug-likeness (QED) is 0.270. The summed E-state index contributed by atoms with van der Waals surface area (Å²) in [7, 11) is 2.23. The molecule has 140 valence electrons. The smallest absolute Gasteiger partial charge is 0.494 e. The van der Waals surface area contributed by atoms with Gasteiger partial charge in [0.1, 0.15) is 5.75 Å². The van der Waals surface area contributed by atoms with Gasteiger partial charge in [-0.25, -0.2) is 0 Å². The van der Waals surface area contributed by atoms with Gasteiger partial charge in [0.2, 0.25) is 0 Å². The molecule has 0 fully saturated rings. The van der Waals surface area contributed by atoms with E-state index < -0.39 is 13.7 Å². The monoisotopic (exact) mass is 377 g/mol. The van der Waals surface area contributed by atoms with E-state index in [0.29, 0.717) is 12.7 Å². The summed E-state index contributed by atoms with van der Waals surface area (Å²) in [4.78, 5) is 10.3. The van der Waals surface area contributed by atoms with Crippen LogP contribution in [0, 0.1) is 10.1 Å². The van der Waals surface area contributed by atoms with Crippen LogP contribution >= 0.6 is 0 Å². The molecule has 0 aromatic heterocycles. The topological polar surface area (TPSA) is 80.1 Å². The Morgan fingerprint density at radius 2 is 1.38 bits per heavy atom. The van der Waals surface area contributed by atoms with Crippen LogP contribution in [-0.4, -0.2) is 41.7 Å². The number of nitro groups is 1. The number of rotatable bonds is 10. The van der Waals surface area contributed by atoms with Crippen LogP contribution in [0.15, 0.2) is 48.5 Å². The fourth-order valence-corrected chi connectivity index (χ4v) is 4.24. The van der Waals surface area contributed by atoms with Crippen LogP contribution in [0.3, 0.4) is 0 Å². The Kier molecular flexibility index (Phi) is 7.28. The molecule has 0 saturated heterocycles. The second kappa shape index (κ2) is 9.44. The third-order valence-electron chi connectivity index (χ3n) is 4.09. The lowest BCUT2D eigenvalue weighted by Crippen LogP contribution is -2.42. The van der Waals surface area contributed by atoms with Gasteiger partial charge in [-0.3, -0.25) is 10.1 Å². The van der Waals surface area contributed by atoms with Crippen molar-refractivity contribution in [1.29, 1.82) is 0 Å². The molecule has 0 aliphatic carbocycles. The molecular formula is C18H23NO6Si. The summed E-state index contributed by atoms with van der Waals surface area (Å²) in [5, 5.41) is 10.7. The van der Waals surface area contributed by atoms with Crippen LogP contribution in [-0.2, 0) is 13.3 Å². The van der Waals surface area contributed by atoms with Crippen molar-refractivity contribution < 1.29 is 22.9 Å². The molecule has 0 N–H and O–H groups in total. The molecule has 0 atom stereocenters. The van der Waals surface area contributed by atoms with Gasteiger partial charge in [-0.15, -0.1) is 0 Å². The Balaban J connectivity index is 1.88. The highest BCUT2D eigenvalue weighted by molar-refractivity contribution is 6.60. The Bertz CT molecular complexity index is 692. The molecule has 0 unspecified atom stereocenters. The highest BCUT2D eigenvalue weighted by atomic mass is 28.4. The van der Waals surface area contributed by atoms with Crippen molar-refractivity contribution in [2.24, 2.45) is 0 Å². The van der Waals surface area contributed by atoms with Crippen molar-refractivity contribution in [3.63, 3.8) is 0 Å². The molecule has 2 aromatic rings. The fraction of sp³-hybridized carbons (Fsp3) is 0.333. The number of nitrogens with zero attached hydrogens (tertiary/aromatic N) is 1. The predicted molar refractivity (Wildman–Crippen MR) is 100 cm³/mol. The molecule has 0 aliphatic rings. The van der Waals surface area contributed by atoms with Crippen molar-refractivity contribution in [2.45, 2.75) is 12.5 Å². The van der Waals surface area contributed by atoms with Crippen molar-refractivity contribution in [3.8, 4) is 16.9 Å². The third kappa shape index (κ3) is 5.12. The summed E-state index contributed by atoms with van der Waals surface area (Å²) in [5.41, 5.74) is 1.96. The molecule has 0 amide bonds. The van der Waals surface area contributed by atoms with Crippen LogP contribution in [0.2, 0.25) is 6.04 Å². The Hall–Kier alpha value is -2.26. The molecule has 7 nitrogen and oxygen atoms in total. The maximum absolute atomic E-state index is 10.7. The first-order valence-electron chi connectivity index (χ1n) is 8.16. The average Bonchev–Trinajstić information content (AvgIpc) is 2.69. The molecular weight excluding hydrogens is 354 g/mol. The first-order chi connectivity index (χ1) is 12.5. The third-order valence-corrected chi connectivity index (χ3v) is 6.93. The first kappa shape index (κ1) is 20.1. The second-order valence-electron chi connectivity index (χ2n) is 5.58. The average molecular weight is 377 g/mol. The molecule has 26 heavy (non-hydrogen) atoms. The summed E-state index contributed by atoms with van der Waals surface area (Å²) < 4.78 is 21.9. The van der Waals surface area contributed by atoms with Gasteiger partial charge in [-0.2, -0.15) is 0 Å². The van der Waals surface area contributed by atoms with E-state index in [1.165, 1.54) is 12.1 Å². The molecule has 0 bridgehead atoms. The van der Waals surface area contributed by atoms with E-state index in [-0.39, 0.29) is 5.69 Å². The summed E-state index contributed by atoms with van der Waals surface area (Å²) in [5.74, 6) is 0.759. The van der Waals surface area contributed by atoms with Crippen LogP contribution in [0.4, 0.5) is 5.69 Å². The number of nitro benzene ring substituents is 1. The lowest BCUT2D eigenvalue weighted by atomic mass is 10.1. The number of ether oxygens (including phenoxy) is 1. The maximum Gasteiger partial charge on any atom is 0.500 e. The predicted octanol–water partition coefficient (Wildman–Crippen LogP) is 3.91. The highest BCUT2D eigenvalue weighted by Crippen LogP contribution is 2.25. The first-order valence-corrected chi connectivity index (χ1v) is 10.1. The number of benzene rings is 2. The molecule has 8 heteroatoms. The van der Waals surface area contributed by atoms with Crippen LogP contribution in [0.5, 0.6) is 5.75 Å². The van der Waals surface area contributed by atoms with Gasteiger partial charge in [0.25, 0.3) is 5.69 Å². The van der Waals surface area contributed by atoms with Gasteiger partial charge in [0.05, 0.1) is 11.5 Å². The second-order valence-corrected chi connectivity index (χ2v) is 8.67. The van der Waals surface area contributed by atoms with Gasteiger partial charge < -0.3 is 18.0 Å². The van der Waals surface area contributed by atoms with Crippen LogP contribution in [0.25, 0.3) is 11.1 Å². The van der Waals surface area contributed by atoms with Crippen molar-refractivity contribution in [3.05, 3.63) is 58.6 Å². The van der Waals surface area contributed by atoms with E-state index in [2.05, 4.69) is 0 Å². The lowest BCUT2D eigenvalue weighted by Gasteiger charge is -2.24. The van der Waals surface area contributed by atoms with Gasteiger partial charge in [0.15, 0.2) is 0 Å². The zero-order valence-corrected chi connectivity index (χ0v) is 16.1. The Labute approximate surface area is 154 Å². The zero-order valence-electron chi connectivity index (χ0n) is 15.1. The molecule has 0 radical (unpaired) electrons. The minimum absolute atomic E-state index is 0.0801. The summed E-state index contributed by atoms with van der Waals surface area (Å²) in [6.45, 7) is 0.529. The minimum Gasteiger partial charge on any atom is -0.494 e. The summed E-state index contributed by atoms with van der Waals surface area (Å²) in [6, 6.07) is 14.8. The molecule has 0 saturated carbocycles. The standard InChI is InChI=1S/C18H23NO6Si/c1-22-26(23-2,24-3)14-4-13-25-18-11-7-16(8-12-18)15-5-9-17(10-6-15)19(20)21/h5-12H,4,13-14H2,1-3H3. The van der Waals surface area contributed by atoms with Gasteiger partial charge in [0, 0.05) is 39.5 Å². The normalized spacial score (nSPS) is 11.3. The largest absolute Gasteiger partial charge is 0.500 e. The maximum atomic E-state index is 10.7.